The molecule has 1 N–H and O–H groups in total. The maximum Gasteiger partial charge on any atom is 0.139 e. The first-order valence-electron chi connectivity index (χ1n) is 8.12. The molecule has 0 bridgehead atoms. The lowest BCUT2D eigenvalue weighted by molar-refractivity contribution is 0.221. The van der Waals surface area contributed by atoms with Gasteiger partial charge in [-0.1, -0.05) is 0 Å². The highest BCUT2D eigenvalue weighted by Crippen LogP contribution is 2.36. The second kappa shape index (κ2) is 6.02. The van der Waals surface area contributed by atoms with E-state index in [0.717, 1.165) is 16.0 Å². The van der Waals surface area contributed by atoms with Crippen LogP contribution in [0.2, 0.25) is 0 Å². The van der Waals surface area contributed by atoms with E-state index < -0.39 is 0 Å². The van der Waals surface area contributed by atoms with Crippen molar-refractivity contribution in [2.75, 3.05) is 19.4 Å². The van der Waals surface area contributed by atoms with Crippen molar-refractivity contribution in [1.82, 2.24) is 19.9 Å². The summed E-state index contributed by atoms with van der Waals surface area (Å²) in [4.78, 5) is 16.6. The first-order valence-corrected chi connectivity index (χ1v) is 8.94. The summed E-state index contributed by atoms with van der Waals surface area (Å²) in [5, 5.41) is 6.02. The minimum absolute atomic E-state index is 0.501. The van der Waals surface area contributed by atoms with Gasteiger partial charge in [-0.05, 0) is 45.8 Å². The van der Waals surface area contributed by atoms with Crippen LogP contribution in [0.15, 0.2) is 24.8 Å². The van der Waals surface area contributed by atoms with Crippen molar-refractivity contribution in [1.29, 1.82) is 0 Å². The average molecular weight is 327 g/mol. The van der Waals surface area contributed by atoms with Crippen molar-refractivity contribution in [3.05, 3.63) is 24.8 Å². The van der Waals surface area contributed by atoms with E-state index in [1.165, 1.54) is 35.8 Å². The number of anilines is 1. The van der Waals surface area contributed by atoms with E-state index in [1.807, 2.05) is 12.4 Å². The largest absolute Gasteiger partial charge is 0.367 e. The number of nitrogens with zero attached hydrogens (tertiary/aromatic N) is 4. The summed E-state index contributed by atoms with van der Waals surface area (Å²) in [5.74, 6) is 0.973. The second-order valence-electron chi connectivity index (χ2n) is 6.49. The molecular formula is C17H21N5S. The molecule has 0 unspecified atom stereocenters. The SMILES string of the molecule is CN(C)[C@H]1CC[C@H](Nc2ncnc3sc4cnccc4c23)CC1. The number of hydrogen-bond acceptors (Lipinski definition) is 6. The fourth-order valence-electron chi connectivity index (χ4n) is 3.50. The van der Waals surface area contributed by atoms with Gasteiger partial charge in [-0.15, -0.1) is 11.3 Å². The van der Waals surface area contributed by atoms with Crippen molar-refractivity contribution < 1.29 is 0 Å². The molecule has 0 radical (unpaired) electrons. The Morgan fingerprint density at radius 3 is 2.78 bits per heavy atom. The van der Waals surface area contributed by atoms with Gasteiger partial charge >= 0.3 is 0 Å². The van der Waals surface area contributed by atoms with E-state index in [4.69, 9.17) is 0 Å². The molecule has 120 valence electrons. The molecule has 0 spiro atoms. The van der Waals surface area contributed by atoms with Gasteiger partial charge in [-0.2, -0.15) is 0 Å². The number of nitrogens with one attached hydrogen (secondary N) is 1. The third-order valence-electron chi connectivity index (χ3n) is 4.84. The lowest BCUT2D eigenvalue weighted by Gasteiger charge is -2.33. The number of rotatable bonds is 3. The molecule has 0 aromatic carbocycles. The molecule has 6 heteroatoms. The van der Waals surface area contributed by atoms with Crippen molar-refractivity contribution in [3.63, 3.8) is 0 Å². The second-order valence-corrected chi connectivity index (χ2v) is 7.52. The van der Waals surface area contributed by atoms with Crippen molar-refractivity contribution >= 4 is 37.5 Å². The molecule has 3 heterocycles. The Kier molecular flexibility index (Phi) is 3.87. The standard InChI is InChI=1S/C17H21N5S/c1-22(2)12-5-3-11(4-6-12)21-16-15-13-7-8-18-9-14(13)23-17(15)20-10-19-16/h7-12H,3-6H2,1-2H3,(H,19,20,21)/t11-,12-. The summed E-state index contributed by atoms with van der Waals surface area (Å²) >= 11 is 1.68. The van der Waals surface area contributed by atoms with Gasteiger partial charge in [-0.25, -0.2) is 9.97 Å². The Labute approximate surface area is 139 Å². The highest BCUT2D eigenvalue weighted by atomic mass is 32.1. The van der Waals surface area contributed by atoms with Crippen LogP contribution in [0.25, 0.3) is 20.3 Å². The van der Waals surface area contributed by atoms with Crippen LogP contribution in [-0.2, 0) is 0 Å². The van der Waals surface area contributed by atoms with Crippen LogP contribution in [0.3, 0.4) is 0 Å². The van der Waals surface area contributed by atoms with Crippen LogP contribution in [0, 0.1) is 0 Å². The van der Waals surface area contributed by atoms with Crippen molar-refractivity contribution in [2.45, 2.75) is 37.8 Å². The van der Waals surface area contributed by atoms with E-state index in [9.17, 15) is 0 Å². The molecule has 3 aromatic heterocycles. The zero-order chi connectivity index (χ0) is 15.8. The third kappa shape index (κ3) is 2.77. The molecule has 0 atom stereocenters. The summed E-state index contributed by atoms with van der Waals surface area (Å²) < 4.78 is 1.17. The lowest BCUT2D eigenvalue weighted by Crippen LogP contribution is -2.36. The molecule has 0 aliphatic heterocycles. The van der Waals surface area contributed by atoms with Gasteiger partial charge in [0.25, 0.3) is 0 Å². The van der Waals surface area contributed by atoms with E-state index in [2.05, 4.69) is 45.3 Å². The van der Waals surface area contributed by atoms with Crippen LogP contribution in [0.1, 0.15) is 25.7 Å². The molecule has 1 aliphatic carbocycles. The molecule has 5 nitrogen and oxygen atoms in total. The monoisotopic (exact) mass is 327 g/mol. The zero-order valence-corrected chi connectivity index (χ0v) is 14.3. The number of hydrogen-bond donors (Lipinski definition) is 1. The lowest BCUT2D eigenvalue weighted by atomic mass is 9.90. The van der Waals surface area contributed by atoms with Crippen LogP contribution in [0.5, 0.6) is 0 Å². The highest BCUT2D eigenvalue weighted by Gasteiger charge is 2.23. The minimum atomic E-state index is 0.501. The number of thiophene rings is 1. The molecular weight excluding hydrogens is 306 g/mol. The van der Waals surface area contributed by atoms with Gasteiger partial charge in [0.15, 0.2) is 0 Å². The maximum atomic E-state index is 4.53. The summed E-state index contributed by atoms with van der Waals surface area (Å²) in [5.41, 5.74) is 0. The Morgan fingerprint density at radius 2 is 2.00 bits per heavy atom. The minimum Gasteiger partial charge on any atom is -0.367 e. The normalized spacial score (nSPS) is 22.0. The summed E-state index contributed by atoms with van der Waals surface area (Å²) in [6, 6.07) is 3.28. The Balaban J connectivity index is 1.62. The molecule has 1 fully saturated rings. The molecule has 0 amide bonds. The van der Waals surface area contributed by atoms with Gasteiger partial charge in [-0.3, -0.25) is 4.98 Å². The molecule has 0 saturated heterocycles. The first-order chi connectivity index (χ1) is 11.2. The number of aromatic nitrogens is 3. The van der Waals surface area contributed by atoms with Gasteiger partial charge in [0.2, 0.25) is 0 Å². The van der Waals surface area contributed by atoms with Crippen molar-refractivity contribution in [3.8, 4) is 0 Å². The van der Waals surface area contributed by atoms with E-state index in [1.54, 1.807) is 17.7 Å². The predicted molar refractivity (Wildman–Crippen MR) is 96.1 cm³/mol. The average Bonchev–Trinajstić information content (AvgIpc) is 2.95. The van der Waals surface area contributed by atoms with Gasteiger partial charge in [0.05, 0.1) is 10.1 Å². The van der Waals surface area contributed by atoms with Gasteiger partial charge < -0.3 is 10.2 Å². The predicted octanol–water partition coefficient (Wildman–Crippen LogP) is 3.52. The third-order valence-corrected chi connectivity index (χ3v) is 5.89. The number of fused-ring (bicyclic) bond motifs is 3. The number of pyridine rings is 1. The quantitative estimate of drug-likeness (QED) is 0.797. The Bertz CT molecular complexity index is 820. The van der Waals surface area contributed by atoms with Gasteiger partial charge in [0, 0.05) is 29.9 Å². The fraction of sp³-hybridized carbons (Fsp3) is 0.471. The van der Waals surface area contributed by atoms with Crippen LogP contribution in [-0.4, -0.2) is 46.0 Å². The van der Waals surface area contributed by atoms with E-state index in [-0.39, 0.29) is 0 Å². The zero-order valence-electron chi connectivity index (χ0n) is 13.5. The Hall–Kier alpha value is -1.79. The summed E-state index contributed by atoms with van der Waals surface area (Å²) in [6.45, 7) is 0. The van der Waals surface area contributed by atoms with Crippen molar-refractivity contribution in [2.24, 2.45) is 0 Å². The van der Waals surface area contributed by atoms with Crippen LogP contribution >= 0.6 is 11.3 Å². The molecule has 1 aliphatic rings. The van der Waals surface area contributed by atoms with Gasteiger partial charge in [0.1, 0.15) is 17.0 Å². The van der Waals surface area contributed by atoms with E-state index >= 15 is 0 Å². The first kappa shape index (κ1) is 14.8. The summed E-state index contributed by atoms with van der Waals surface area (Å²) in [6.07, 6.45) is 10.3. The molecule has 3 aromatic rings. The maximum absolute atomic E-state index is 4.53. The highest BCUT2D eigenvalue weighted by molar-refractivity contribution is 7.25. The van der Waals surface area contributed by atoms with Crippen LogP contribution < -0.4 is 5.32 Å². The van der Waals surface area contributed by atoms with E-state index in [0.29, 0.717) is 12.1 Å². The Morgan fingerprint density at radius 1 is 1.17 bits per heavy atom. The smallest absolute Gasteiger partial charge is 0.139 e. The molecule has 1 saturated carbocycles. The fourth-order valence-corrected chi connectivity index (χ4v) is 4.51. The van der Waals surface area contributed by atoms with Crippen LogP contribution in [0.4, 0.5) is 5.82 Å². The molecule has 23 heavy (non-hydrogen) atoms. The summed E-state index contributed by atoms with van der Waals surface area (Å²) in [7, 11) is 4.36. The molecule has 4 rings (SSSR count). The topological polar surface area (TPSA) is 53.9 Å².